The van der Waals surface area contributed by atoms with Gasteiger partial charge in [0.25, 0.3) is 11.6 Å². The molecule has 0 unspecified atom stereocenters. The molecule has 0 bridgehead atoms. The van der Waals surface area contributed by atoms with Crippen molar-refractivity contribution in [2.24, 2.45) is 0 Å². The third kappa shape index (κ3) is 4.64. The van der Waals surface area contributed by atoms with Crippen molar-refractivity contribution in [2.45, 2.75) is 23.9 Å². The maximum absolute atomic E-state index is 13.2. The van der Waals surface area contributed by atoms with E-state index in [0.717, 1.165) is 25.0 Å². The van der Waals surface area contributed by atoms with Gasteiger partial charge in [-0.2, -0.15) is 13.2 Å². The van der Waals surface area contributed by atoms with Gasteiger partial charge in [0.05, 0.1) is 21.9 Å². The summed E-state index contributed by atoms with van der Waals surface area (Å²) in [4.78, 5) is 25.9. The Balaban J connectivity index is 2.02. The lowest BCUT2D eigenvalue weighted by Crippen LogP contribution is -2.22. The highest BCUT2D eigenvalue weighted by Crippen LogP contribution is 2.37. The van der Waals surface area contributed by atoms with E-state index in [1.54, 1.807) is 6.26 Å². The molecule has 1 heterocycles. The van der Waals surface area contributed by atoms with E-state index in [4.69, 9.17) is 0 Å². The molecule has 2 aromatic rings. The van der Waals surface area contributed by atoms with Crippen LogP contribution in [0.25, 0.3) is 0 Å². The van der Waals surface area contributed by atoms with E-state index in [1.165, 1.54) is 36.0 Å². The highest BCUT2D eigenvalue weighted by molar-refractivity contribution is 7.98. The van der Waals surface area contributed by atoms with Crippen molar-refractivity contribution in [2.75, 3.05) is 29.6 Å². The van der Waals surface area contributed by atoms with Crippen LogP contribution < -0.4 is 10.2 Å². The first-order valence-corrected chi connectivity index (χ1v) is 10.0. The lowest BCUT2D eigenvalue weighted by molar-refractivity contribution is -0.385. The van der Waals surface area contributed by atoms with Crippen molar-refractivity contribution in [1.82, 2.24) is 0 Å². The van der Waals surface area contributed by atoms with E-state index in [9.17, 15) is 28.1 Å². The average Bonchev–Trinajstić information content (AvgIpc) is 3.21. The second-order valence-corrected chi connectivity index (χ2v) is 7.40. The van der Waals surface area contributed by atoms with Crippen LogP contribution in [0, 0.1) is 10.1 Å². The number of nitro groups is 1. The second-order valence-electron chi connectivity index (χ2n) is 6.52. The van der Waals surface area contributed by atoms with E-state index >= 15 is 0 Å². The predicted octanol–water partition coefficient (Wildman–Crippen LogP) is 5.19. The fourth-order valence-electron chi connectivity index (χ4n) is 3.22. The van der Waals surface area contributed by atoms with Gasteiger partial charge in [-0.15, -0.1) is 11.8 Å². The number of thioether (sulfide) groups is 1. The topological polar surface area (TPSA) is 75.5 Å². The summed E-state index contributed by atoms with van der Waals surface area (Å²) in [6.45, 7) is 1.33. The summed E-state index contributed by atoms with van der Waals surface area (Å²) in [5.41, 5.74) is -1.06. The van der Waals surface area contributed by atoms with Crippen LogP contribution in [0.5, 0.6) is 0 Å². The number of benzene rings is 2. The molecule has 0 spiro atoms. The molecule has 0 saturated carbocycles. The van der Waals surface area contributed by atoms with Crippen LogP contribution in [0.3, 0.4) is 0 Å². The number of halogens is 3. The van der Waals surface area contributed by atoms with Crippen LogP contribution in [-0.4, -0.2) is 30.2 Å². The second kappa shape index (κ2) is 8.32. The number of carbonyl (C=O) groups is 1. The highest BCUT2D eigenvalue weighted by Gasteiger charge is 2.32. The number of carbonyl (C=O) groups excluding carboxylic acids is 1. The fourth-order valence-corrected chi connectivity index (χ4v) is 3.66. The number of nitrogens with one attached hydrogen (secondary N) is 1. The van der Waals surface area contributed by atoms with Crippen molar-refractivity contribution < 1.29 is 22.9 Å². The molecule has 0 aromatic heterocycles. The smallest absolute Gasteiger partial charge is 0.370 e. The maximum Gasteiger partial charge on any atom is 0.416 e. The Morgan fingerprint density at radius 1 is 1.17 bits per heavy atom. The summed E-state index contributed by atoms with van der Waals surface area (Å²) in [6, 6.07) is 7.27. The minimum absolute atomic E-state index is 0.0180. The number of alkyl halides is 3. The van der Waals surface area contributed by atoms with Crippen molar-refractivity contribution in [3.8, 4) is 0 Å². The number of nitrogens with zero attached hydrogens (tertiary/aromatic N) is 2. The molecule has 1 aliphatic rings. The molecule has 1 fully saturated rings. The zero-order valence-corrected chi connectivity index (χ0v) is 16.3. The van der Waals surface area contributed by atoms with E-state index < -0.39 is 28.3 Å². The number of rotatable bonds is 5. The normalized spacial score (nSPS) is 14.1. The van der Waals surface area contributed by atoms with Crippen LogP contribution in [-0.2, 0) is 6.18 Å². The van der Waals surface area contributed by atoms with Gasteiger partial charge in [-0.25, -0.2) is 0 Å². The summed E-state index contributed by atoms with van der Waals surface area (Å²) in [5.74, 6) is -0.827. The van der Waals surface area contributed by atoms with Gasteiger partial charge in [-0.05, 0) is 49.4 Å². The van der Waals surface area contributed by atoms with Gasteiger partial charge in [-0.1, -0.05) is 0 Å². The van der Waals surface area contributed by atoms with Gasteiger partial charge in [0.15, 0.2) is 0 Å². The number of nitro benzene ring substituents is 1. The van der Waals surface area contributed by atoms with Crippen LogP contribution in [0.1, 0.15) is 28.8 Å². The molecule has 0 aliphatic carbocycles. The van der Waals surface area contributed by atoms with Crippen LogP contribution in [0.15, 0.2) is 41.3 Å². The standard InChI is InChI=1S/C19H18F3N3O3S/c1-29-13-5-7-16(25(27)28)14(11-13)18(26)23-15-10-12(19(20,21)22)4-6-17(15)24-8-2-3-9-24/h4-7,10-11H,2-3,8-9H2,1H3,(H,23,26). The third-order valence-corrected chi connectivity index (χ3v) is 5.39. The molecule has 154 valence electrons. The summed E-state index contributed by atoms with van der Waals surface area (Å²) in [5, 5.41) is 13.8. The average molecular weight is 425 g/mol. The summed E-state index contributed by atoms with van der Waals surface area (Å²) in [7, 11) is 0. The molecule has 1 N–H and O–H groups in total. The molecule has 2 aromatic carbocycles. The SMILES string of the molecule is CSc1ccc([N+](=O)[O-])c(C(=O)Nc2cc(C(F)(F)F)ccc2N2CCCC2)c1. The Morgan fingerprint density at radius 2 is 1.86 bits per heavy atom. The molecule has 0 radical (unpaired) electrons. The Kier molecular flexibility index (Phi) is 6.02. The number of hydrogen-bond donors (Lipinski definition) is 1. The van der Waals surface area contributed by atoms with E-state index in [1.807, 2.05) is 4.90 Å². The zero-order valence-electron chi connectivity index (χ0n) is 15.5. The quantitative estimate of drug-likeness (QED) is 0.405. The monoisotopic (exact) mass is 425 g/mol. The Hall–Kier alpha value is -2.75. The lowest BCUT2D eigenvalue weighted by atomic mass is 10.1. The summed E-state index contributed by atoms with van der Waals surface area (Å²) < 4.78 is 39.6. The maximum atomic E-state index is 13.2. The van der Waals surface area contributed by atoms with Crippen molar-refractivity contribution >= 4 is 34.7 Å². The number of anilines is 2. The largest absolute Gasteiger partial charge is 0.416 e. The predicted molar refractivity (Wildman–Crippen MR) is 106 cm³/mol. The van der Waals surface area contributed by atoms with Crippen LogP contribution >= 0.6 is 11.8 Å². The molecule has 0 atom stereocenters. The fraction of sp³-hybridized carbons (Fsp3) is 0.316. The van der Waals surface area contributed by atoms with Gasteiger partial charge >= 0.3 is 6.18 Å². The molecule has 3 rings (SSSR count). The zero-order chi connectivity index (χ0) is 21.2. The van der Waals surface area contributed by atoms with Crippen molar-refractivity contribution in [3.05, 3.63) is 57.6 Å². The summed E-state index contributed by atoms with van der Waals surface area (Å²) in [6.07, 6.45) is -1.03. The Labute approximate surface area is 169 Å². The molecule has 29 heavy (non-hydrogen) atoms. The van der Waals surface area contributed by atoms with Crippen molar-refractivity contribution in [3.63, 3.8) is 0 Å². The van der Waals surface area contributed by atoms with E-state index in [2.05, 4.69) is 5.32 Å². The lowest BCUT2D eigenvalue weighted by Gasteiger charge is -2.23. The number of hydrogen-bond acceptors (Lipinski definition) is 5. The molecular formula is C19H18F3N3O3S. The molecular weight excluding hydrogens is 407 g/mol. The van der Waals surface area contributed by atoms with E-state index in [0.29, 0.717) is 23.7 Å². The molecule has 6 nitrogen and oxygen atoms in total. The van der Waals surface area contributed by atoms with E-state index in [-0.39, 0.29) is 11.3 Å². The van der Waals surface area contributed by atoms with Gasteiger partial charge in [0, 0.05) is 24.1 Å². The first-order valence-electron chi connectivity index (χ1n) is 8.80. The minimum atomic E-state index is -4.58. The highest BCUT2D eigenvalue weighted by atomic mass is 32.2. The molecule has 10 heteroatoms. The minimum Gasteiger partial charge on any atom is -0.370 e. The Bertz CT molecular complexity index is 944. The van der Waals surface area contributed by atoms with Crippen LogP contribution in [0.4, 0.5) is 30.2 Å². The Morgan fingerprint density at radius 3 is 2.45 bits per heavy atom. The summed E-state index contributed by atoms with van der Waals surface area (Å²) >= 11 is 1.30. The molecule has 1 saturated heterocycles. The van der Waals surface area contributed by atoms with Gasteiger partial charge in [0.1, 0.15) is 5.56 Å². The first-order chi connectivity index (χ1) is 13.7. The number of amides is 1. The van der Waals surface area contributed by atoms with Crippen molar-refractivity contribution in [1.29, 1.82) is 0 Å². The molecule has 1 amide bonds. The third-order valence-electron chi connectivity index (χ3n) is 4.66. The van der Waals surface area contributed by atoms with Gasteiger partial charge in [0.2, 0.25) is 0 Å². The molecule has 1 aliphatic heterocycles. The van der Waals surface area contributed by atoms with Gasteiger partial charge < -0.3 is 10.2 Å². The first kappa shape index (κ1) is 21.0. The van der Waals surface area contributed by atoms with Gasteiger partial charge in [-0.3, -0.25) is 14.9 Å². The van der Waals surface area contributed by atoms with Crippen LogP contribution in [0.2, 0.25) is 0 Å².